The van der Waals surface area contributed by atoms with Gasteiger partial charge in [0.05, 0.1) is 12.7 Å². The second kappa shape index (κ2) is 8.35. The highest BCUT2D eigenvalue weighted by Gasteiger charge is 2.24. The predicted molar refractivity (Wildman–Crippen MR) is 89.4 cm³/mol. The van der Waals surface area contributed by atoms with Crippen LogP contribution >= 0.6 is 24.0 Å². The van der Waals surface area contributed by atoms with E-state index in [1.165, 1.54) is 38.0 Å². The summed E-state index contributed by atoms with van der Waals surface area (Å²) in [7, 11) is 0. The maximum absolute atomic E-state index is 5.95. The van der Waals surface area contributed by atoms with Gasteiger partial charge < -0.3 is 10.1 Å². The number of morpholine rings is 1. The van der Waals surface area contributed by atoms with Crippen molar-refractivity contribution in [2.75, 3.05) is 39.3 Å². The third-order valence-corrected chi connectivity index (χ3v) is 4.62. The molecule has 118 valence electrons. The zero-order chi connectivity index (χ0) is 13.8. The molecule has 0 aliphatic carbocycles. The summed E-state index contributed by atoms with van der Waals surface area (Å²) in [6, 6.07) is 8.07. The van der Waals surface area contributed by atoms with Crippen LogP contribution in [0.15, 0.2) is 24.3 Å². The normalized spacial score (nSPS) is 24.5. The average molecular weight is 331 g/mol. The van der Waals surface area contributed by atoms with Crippen LogP contribution in [0.4, 0.5) is 0 Å². The second-order valence-electron chi connectivity index (χ2n) is 5.86. The molecule has 0 bridgehead atoms. The van der Waals surface area contributed by atoms with Crippen LogP contribution in [0.25, 0.3) is 0 Å². The number of nitrogens with one attached hydrogen (secondary N) is 1. The Hall–Kier alpha value is -0.320. The fraction of sp³-hybridized carbons (Fsp3) is 0.625. The predicted octanol–water partition coefficient (Wildman–Crippen LogP) is 3.13. The van der Waals surface area contributed by atoms with Gasteiger partial charge >= 0.3 is 0 Å². The molecular weight excluding hydrogens is 307 g/mol. The van der Waals surface area contributed by atoms with E-state index in [-0.39, 0.29) is 18.5 Å². The van der Waals surface area contributed by atoms with E-state index in [0.717, 1.165) is 30.6 Å². The van der Waals surface area contributed by atoms with Crippen LogP contribution in [-0.4, -0.2) is 44.2 Å². The van der Waals surface area contributed by atoms with Crippen molar-refractivity contribution in [3.63, 3.8) is 0 Å². The molecule has 21 heavy (non-hydrogen) atoms. The van der Waals surface area contributed by atoms with Crippen molar-refractivity contribution in [2.24, 2.45) is 5.92 Å². The molecule has 2 aliphatic rings. The largest absolute Gasteiger partial charge is 0.371 e. The molecule has 2 fully saturated rings. The van der Waals surface area contributed by atoms with Gasteiger partial charge in [0, 0.05) is 24.7 Å². The van der Waals surface area contributed by atoms with E-state index in [0.29, 0.717) is 0 Å². The van der Waals surface area contributed by atoms with E-state index in [1.807, 2.05) is 12.1 Å². The molecular formula is C16H24Cl2N2O. The van der Waals surface area contributed by atoms with Crippen LogP contribution in [0.1, 0.15) is 24.5 Å². The zero-order valence-corrected chi connectivity index (χ0v) is 13.8. The van der Waals surface area contributed by atoms with Crippen LogP contribution in [0, 0.1) is 5.92 Å². The summed E-state index contributed by atoms with van der Waals surface area (Å²) in [4.78, 5) is 2.57. The standard InChI is InChI=1S/C16H23ClN2O.ClH/c17-15-3-1-14(2-4-15)16-12-19(9-10-20-16)11-13-5-7-18-8-6-13;/h1-4,13,16,18H,5-12H2;1H. The first kappa shape index (κ1) is 17.0. The molecule has 2 aliphatic heterocycles. The van der Waals surface area contributed by atoms with Gasteiger partial charge in [0.15, 0.2) is 0 Å². The summed E-state index contributed by atoms with van der Waals surface area (Å²) < 4.78 is 5.93. The van der Waals surface area contributed by atoms with E-state index in [9.17, 15) is 0 Å². The molecule has 0 amide bonds. The van der Waals surface area contributed by atoms with Gasteiger partial charge in [0.2, 0.25) is 0 Å². The molecule has 0 saturated carbocycles. The number of hydrogen-bond donors (Lipinski definition) is 1. The minimum absolute atomic E-state index is 0. The van der Waals surface area contributed by atoms with Crippen molar-refractivity contribution in [3.05, 3.63) is 34.9 Å². The molecule has 1 unspecified atom stereocenters. The fourth-order valence-electron chi connectivity index (χ4n) is 3.18. The number of rotatable bonds is 3. The molecule has 0 radical (unpaired) electrons. The first-order chi connectivity index (χ1) is 9.81. The van der Waals surface area contributed by atoms with Crippen LogP contribution in [-0.2, 0) is 4.74 Å². The molecule has 1 aromatic carbocycles. The molecule has 0 aromatic heterocycles. The third kappa shape index (κ3) is 4.83. The highest BCUT2D eigenvalue weighted by Crippen LogP contribution is 2.25. The lowest BCUT2D eigenvalue weighted by Gasteiger charge is -2.36. The van der Waals surface area contributed by atoms with Gasteiger partial charge in [0.1, 0.15) is 0 Å². The smallest absolute Gasteiger partial charge is 0.0952 e. The minimum Gasteiger partial charge on any atom is -0.371 e. The number of ether oxygens (including phenoxy) is 1. The van der Waals surface area contributed by atoms with Crippen molar-refractivity contribution in [3.8, 4) is 0 Å². The minimum atomic E-state index is 0. The number of halogens is 2. The molecule has 1 aromatic rings. The quantitative estimate of drug-likeness (QED) is 0.921. The Morgan fingerprint density at radius 3 is 2.62 bits per heavy atom. The van der Waals surface area contributed by atoms with Crippen LogP contribution in [0.2, 0.25) is 5.02 Å². The lowest BCUT2D eigenvalue weighted by molar-refractivity contribution is -0.0356. The summed E-state index contributed by atoms with van der Waals surface area (Å²) in [6.45, 7) is 6.47. The maximum Gasteiger partial charge on any atom is 0.0952 e. The van der Waals surface area contributed by atoms with Gasteiger partial charge in [-0.2, -0.15) is 0 Å². The second-order valence-corrected chi connectivity index (χ2v) is 6.30. The van der Waals surface area contributed by atoms with Crippen molar-refractivity contribution in [1.29, 1.82) is 0 Å². The molecule has 2 saturated heterocycles. The van der Waals surface area contributed by atoms with E-state index < -0.39 is 0 Å². The molecule has 3 nitrogen and oxygen atoms in total. The van der Waals surface area contributed by atoms with Gasteiger partial charge in [-0.25, -0.2) is 0 Å². The molecule has 2 heterocycles. The average Bonchev–Trinajstić information content (AvgIpc) is 2.49. The lowest BCUT2D eigenvalue weighted by atomic mass is 9.97. The van der Waals surface area contributed by atoms with Crippen LogP contribution < -0.4 is 5.32 Å². The van der Waals surface area contributed by atoms with Crippen molar-refractivity contribution >= 4 is 24.0 Å². The van der Waals surface area contributed by atoms with Gasteiger partial charge in [-0.05, 0) is 49.5 Å². The lowest BCUT2D eigenvalue weighted by Crippen LogP contribution is -2.43. The van der Waals surface area contributed by atoms with Gasteiger partial charge in [-0.1, -0.05) is 23.7 Å². The Morgan fingerprint density at radius 2 is 1.90 bits per heavy atom. The summed E-state index contributed by atoms with van der Waals surface area (Å²) in [6.07, 6.45) is 2.81. The summed E-state index contributed by atoms with van der Waals surface area (Å²) >= 11 is 5.95. The van der Waals surface area contributed by atoms with Crippen molar-refractivity contribution < 1.29 is 4.74 Å². The SMILES string of the molecule is Cl.Clc1ccc(C2CN(CC3CCNCC3)CCO2)cc1. The summed E-state index contributed by atoms with van der Waals surface area (Å²) in [5.74, 6) is 0.847. The summed E-state index contributed by atoms with van der Waals surface area (Å²) in [5, 5.41) is 4.22. The number of piperidine rings is 1. The van der Waals surface area contributed by atoms with Crippen LogP contribution in [0.5, 0.6) is 0 Å². The summed E-state index contributed by atoms with van der Waals surface area (Å²) in [5.41, 5.74) is 1.24. The Labute approximate surface area is 138 Å². The maximum atomic E-state index is 5.95. The molecule has 3 rings (SSSR count). The third-order valence-electron chi connectivity index (χ3n) is 4.37. The van der Waals surface area contributed by atoms with E-state index >= 15 is 0 Å². The Kier molecular flexibility index (Phi) is 6.77. The Morgan fingerprint density at radius 1 is 1.19 bits per heavy atom. The number of benzene rings is 1. The highest BCUT2D eigenvalue weighted by molar-refractivity contribution is 6.30. The van der Waals surface area contributed by atoms with Crippen LogP contribution in [0.3, 0.4) is 0 Å². The Balaban J connectivity index is 0.00000161. The first-order valence-electron chi connectivity index (χ1n) is 7.61. The Bertz CT molecular complexity index is 421. The number of nitrogens with zero attached hydrogens (tertiary/aromatic N) is 1. The number of hydrogen-bond acceptors (Lipinski definition) is 3. The van der Waals surface area contributed by atoms with Gasteiger partial charge in [0.25, 0.3) is 0 Å². The van der Waals surface area contributed by atoms with Gasteiger partial charge in [-0.3, -0.25) is 4.90 Å². The van der Waals surface area contributed by atoms with Crippen molar-refractivity contribution in [2.45, 2.75) is 18.9 Å². The topological polar surface area (TPSA) is 24.5 Å². The molecule has 0 spiro atoms. The monoisotopic (exact) mass is 330 g/mol. The molecule has 5 heteroatoms. The van der Waals surface area contributed by atoms with E-state index in [1.54, 1.807) is 0 Å². The fourth-order valence-corrected chi connectivity index (χ4v) is 3.30. The first-order valence-corrected chi connectivity index (χ1v) is 7.99. The van der Waals surface area contributed by atoms with E-state index in [4.69, 9.17) is 16.3 Å². The zero-order valence-electron chi connectivity index (χ0n) is 12.3. The van der Waals surface area contributed by atoms with Crippen molar-refractivity contribution in [1.82, 2.24) is 10.2 Å². The molecule has 1 atom stereocenters. The van der Waals surface area contributed by atoms with E-state index in [2.05, 4.69) is 22.3 Å². The molecule has 1 N–H and O–H groups in total. The highest BCUT2D eigenvalue weighted by atomic mass is 35.5. The van der Waals surface area contributed by atoms with Gasteiger partial charge in [-0.15, -0.1) is 12.4 Å².